The molecule has 0 bridgehead atoms. The topological polar surface area (TPSA) is 12.0 Å². The molecule has 1 rings (SSSR count). The Balaban J connectivity index is 2.53. The standard InChI is InChI=1S/C12H17F2N/c1-3-15-9(2)4-5-10-8-11(13)6-7-12(10)14/h6-9,15H,3-5H2,1-2H3. The van der Waals surface area contributed by atoms with Gasteiger partial charge in [-0.3, -0.25) is 0 Å². The van der Waals surface area contributed by atoms with Crippen LogP contribution < -0.4 is 5.32 Å². The maximum absolute atomic E-state index is 13.2. The first-order valence-corrected chi connectivity index (χ1v) is 5.30. The molecule has 15 heavy (non-hydrogen) atoms. The summed E-state index contributed by atoms with van der Waals surface area (Å²) in [6.07, 6.45) is 1.38. The first kappa shape index (κ1) is 12.1. The summed E-state index contributed by atoms with van der Waals surface area (Å²) in [5, 5.41) is 3.23. The molecule has 1 nitrogen and oxygen atoms in total. The van der Waals surface area contributed by atoms with Crippen LogP contribution in [-0.2, 0) is 6.42 Å². The van der Waals surface area contributed by atoms with Crippen molar-refractivity contribution in [2.75, 3.05) is 6.54 Å². The third-order valence-electron chi connectivity index (χ3n) is 2.41. The van der Waals surface area contributed by atoms with Crippen LogP contribution in [0.2, 0.25) is 0 Å². The van der Waals surface area contributed by atoms with Crippen LogP contribution in [0, 0.1) is 11.6 Å². The van der Waals surface area contributed by atoms with Gasteiger partial charge in [0.15, 0.2) is 0 Å². The number of hydrogen-bond acceptors (Lipinski definition) is 1. The lowest BCUT2D eigenvalue weighted by atomic mass is 10.1. The number of hydrogen-bond donors (Lipinski definition) is 1. The van der Waals surface area contributed by atoms with Crippen LogP contribution in [0.3, 0.4) is 0 Å². The molecule has 0 radical (unpaired) electrons. The van der Waals surface area contributed by atoms with Gasteiger partial charge in [-0.15, -0.1) is 0 Å². The number of halogens is 2. The van der Waals surface area contributed by atoms with Crippen molar-refractivity contribution in [3.8, 4) is 0 Å². The van der Waals surface area contributed by atoms with Gasteiger partial charge in [-0.1, -0.05) is 6.92 Å². The number of rotatable bonds is 5. The molecule has 0 aromatic heterocycles. The lowest BCUT2D eigenvalue weighted by Gasteiger charge is -2.12. The van der Waals surface area contributed by atoms with E-state index < -0.39 is 0 Å². The third-order valence-corrected chi connectivity index (χ3v) is 2.41. The molecule has 0 aliphatic carbocycles. The summed E-state index contributed by atoms with van der Waals surface area (Å²) < 4.78 is 26.1. The molecule has 0 spiro atoms. The number of aryl methyl sites for hydroxylation is 1. The van der Waals surface area contributed by atoms with E-state index in [1.54, 1.807) is 0 Å². The molecule has 1 unspecified atom stereocenters. The van der Waals surface area contributed by atoms with Gasteiger partial charge >= 0.3 is 0 Å². The third kappa shape index (κ3) is 3.96. The van der Waals surface area contributed by atoms with Crippen molar-refractivity contribution in [1.82, 2.24) is 5.32 Å². The molecular weight excluding hydrogens is 196 g/mol. The van der Waals surface area contributed by atoms with Gasteiger partial charge in [0, 0.05) is 6.04 Å². The van der Waals surface area contributed by atoms with Crippen LogP contribution in [0.15, 0.2) is 18.2 Å². The zero-order valence-electron chi connectivity index (χ0n) is 9.19. The van der Waals surface area contributed by atoms with Crippen molar-refractivity contribution in [2.24, 2.45) is 0 Å². The molecule has 1 aromatic rings. The molecule has 1 atom stereocenters. The predicted molar refractivity (Wildman–Crippen MR) is 57.8 cm³/mol. The van der Waals surface area contributed by atoms with Crippen molar-refractivity contribution in [1.29, 1.82) is 0 Å². The van der Waals surface area contributed by atoms with Gasteiger partial charge in [-0.05, 0) is 50.1 Å². The Bertz CT molecular complexity index is 312. The number of nitrogens with one attached hydrogen (secondary N) is 1. The van der Waals surface area contributed by atoms with Crippen LogP contribution in [0.25, 0.3) is 0 Å². The summed E-state index contributed by atoms with van der Waals surface area (Å²) in [5.41, 5.74) is 0.458. The minimum atomic E-state index is -0.373. The first-order valence-electron chi connectivity index (χ1n) is 5.30. The van der Waals surface area contributed by atoms with E-state index in [2.05, 4.69) is 5.32 Å². The average Bonchev–Trinajstić information content (AvgIpc) is 2.20. The molecule has 1 aromatic carbocycles. The van der Waals surface area contributed by atoms with Gasteiger partial charge in [0.25, 0.3) is 0 Å². The smallest absolute Gasteiger partial charge is 0.126 e. The van der Waals surface area contributed by atoms with E-state index in [-0.39, 0.29) is 11.6 Å². The molecule has 0 heterocycles. The molecule has 0 saturated heterocycles. The van der Waals surface area contributed by atoms with Crippen molar-refractivity contribution in [2.45, 2.75) is 32.7 Å². The van der Waals surface area contributed by atoms with E-state index in [9.17, 15) is 8.78 Å². The van der Waals surface area contributed by atoms with Gasteiger partial charge in [-0.25, -0.2) is 8.78 Å². The molecule has 0 fully saturated rings. The van der Waals surface area contributed by atoms with Crippen LogP contribution >= 0.6 is 0 Å². The van der Waals surface area contributed by atoms with Crippen LogP contribution in [-0.4, -0.2) is 12.6 Å². The highest BCUT2D eigenvalue weighted by atomic mass is 19.1. The SMILES string of the molecule is CCNC(C)CCc1cc(F)ccc1F. The van der Waals surface area contributed by atoms with Gasteiger partial charge < -0.3 is 5.32 Å². The predicted octanol–water partition coefficient (Wildman–Crippen LogP) is 2.90. The maximum atomic E-state index is 13.2. The van der Waals surface area contributed by atoms with Crippen molar-refractivity contribution in [3.05, 3.63) is 35.4 Å². The lowest BCUT2D eigenvalue weighted by Crippen LogP contribution is -2.26. The summed E-state index contributed by atoms with van der Waals surface area (Å²) in [6, 6.07) is 3.93. The van der Waals surface area contributed by atoms with Crippen molar-refractivity contribution < 1.29 is 8.78 Å². The van der Waals surface area contributed by atoms with E-state index in [0.717, 1.165) is 19.0 Å². The summed E-state index contributed by atoms with van der Waals surface area (Å²) >= 11 is 0. The van der Waals surface area contributed by atoms with Gasteiger partial charge in [0.1, 0.15) is 11.6 Å². The summed E-state index contributed by atoms with van der Waals surface area (Å²) in [5.74, 6) is -0.692. The highest BCUT2D eigenvalue weighted by Gasteiger charge is 2.06. The first-order chi connectivity index (χ1) is 7.13. The molecule has 84 valence electrons. The number of benzene rings is 1. The van der Waals surface area contributed by atoms with Crippen LogP contribution in [0.5, 0.6) is 0 Å². The zero-order valence-corrected chi connectivity index (χ0v) is 9.19. The molecule has 0 amide bonds. The van der Waals surface area contributed by atoms with Crippen molar-refractivity contribution in [3.63, 3.8) is 0 Å². The largest absolute Gasteiger partial charge is 0.315 e. The summed E-state index contributed by atoms with van der Waals surface area (Å²) in [6.45, 7) is 4.97. The van der Waals surface area contributed by atoms with E-state index >= 15 is 0 Å². The Hall–Kier alpha value is -0.960. The summed E-state index contributed by atoms with van der Waals surface area (Å²) in [7, 11) is 0. The quantitative estimate of drug-likeness (QED) is 0.793. The Morgan fingerprint density at radius 1 is 1.33 bits per heavy atom. The fraction of sp³-hybridized carbons (Fsp3) is 0.500. The monoisotopic (exact) mass is 213 g/mol. The fourth-order valence-electron chi connectivity index (χ4n) is 1.56. The second kappa shape index (κ2) is 5.81. The Labute approximate surface area is 89.5 Å². The maximum Gasteiger partial charge on any atom is 0.126 e. The fourth-order valence-corrected chi connectivity index (χ4v) is 1.56. The van der Waals surface area contributed by atoms with E-state index in [1.165, 1.54) is 12.1 Å². The molecule has 1 N–H and O–H groups in total. The molecule has 3 heteroatoms. The van der Waals surface area contributed by atoms with E-state index in [1.807, 2.05) is 13.8 Å². The molecular formula is C12H17F2N. The molecule has 0 aliphatic rings. The van der Waals surface area contributed by atoms with E-state index in [4.69, 9.17) is 0 Å². The van der Waals surface area contributed by atoms with Crippen molar-refractivity contribution >= 4 is 0 Å². The average molecular weight is 213 g/mol. The summed E-state index contributed by atoms with van der Waals surface area (Å²) in [4.78, 5) is 0. The van der Waals surface area contributed by atoms with Gasteiger partial charge in [0.2, 0.25) is 0 Å². The Kier molecular flexibility index (Phi) is 4.69. The van der Waals surface area contributed by atoms with Crippen LogP contribution in [0.4, 0.5) is 8.78 Å². The minimum Gasteiger partial charge on any atom is -0.315 e. The lowest BCUT2D eigenvalue weighted by molar-refractivity contribution is 0.517. The highest BCUT2D eigenvalue weighted by Crippen LogP contribution is 2.12. The molecule has 0 saturated carbocycles. The Morgan fingerprint density at radius 2 is 2.07 bits per heavy atom. The highest BCUT2D eigenvalue weighted by molar-refractivity contribution is 5.18. The second-order valence-electron chi connectivity index (χ2n) is 3.73. The Morgan fingerprint density at radius 3 is 2.73 bits per heavy atom. The normalized spacial score (nSPS) is 12.8. The zero-order chi connectivity index (χ0) is 11.3. The van der Waals surface area contributed by atoms with Gasteiger partial charge in [0.05, 0.1) is 0 Å². The van der Waals surface area contributed by atoms with E-state index in [0.29, 0.717) is 18.0 Å². The molecule has 0 aliphatic heterocycles. The van der Waals surface area contributed by atoms with Crippen LogP contribution in [0.1, 0.15) is 25.8 Å². The van der Waals surface area contributed by atoms with Gasteiger partial charge in [-0.2, -0.15) is 0 Å². The minimum absolute atomic E-state index is 0.319. The second-order valence-corrected chi connectivity index (χ2v) is 3.73.